The third-order valence-electron chi connectivity index (χ3n) is 3.02. The minimum atomic E-state index is 0.0141. The fraction of sp³-hybridized carbons (Fsp3) is 1.00. The van der Waals surface area contributed by atoms with E-state index in [9.17, 15) is 0 Å². The van der Waals surface area contributed by atoms with Crippen molar-refractivity contribution in [1.29, 1.82) is 0 Å². The molecule has 3 nitrogen and oxygen atoms in total. The molecule has 82 valence electrons. The Morgan fingerprint density at radius 1 is 1.43 bits per heavy atom. The Morgan fingerprint density at radius 3 is 2.86 bits per heavy atom. The largest absolute Gasteiger partial charge is 0.381 e. The van der Waals surface area contributed by atoms with Gasteiger partial charge in [0.2, 0.25) is 0 Å². The predicted octanol–water partition coefficient (Wildman–Crippen LogP) is 1.53. The van der Waals surface area contributed by atoms with E-state index in [0.29, 0.717) is 5.92 Å². The van der Waals surface area contributed by atoms with Gasteiger partial charge in [0, 0.05) is 19.8 Å². The van der Waals surface area contributed by atoms with Gasteiger partial charge in [-0.05, 0) is 39.0 Å². The highest BCUT2D eigenvalue weighted by Gasteiger charge is 2.32. The van der Waals surface area contributed by atoms with Crippen LogP contribution >= 0.6 is 0 Å². The molecule has 0 spiro atoms. The van der Waals surface area contributed by atoms with Crippen LogP contribution in [0.15, 0.2) is 0 Å². The first-order valence-electron chi connectivity index (χ1n) is 5.65. The van der Waals surface area contributed by atoms with Crippen LogP contribution in [-0.2, 0) is 9.47 Å². The van der Waals surface area contributed by atoms with Crippen LogP contribution in [-0.4, -0.2) is 31.6 Å². The van der Waals surface area contributed by atoms with Crippen molar-refractivity contribution in [3.8, 4) is 0 Å². The van der Waals surface area contributed by atoms with E-state index in [1.165, 1.54) is 12.8 Å². The number of ether oxygens (including phenoxy) is 2. The van der Waals surface area contributed by atoms with Crippen molar-refractivity contribution in [1.82, 2.24) is 5.32 Å². The average Bonchev–Trinajstić information content (AvgIpc) is 2.47. The molecule has 0 aromatic rings. The number of hydrogen-bond donors (Lipinski definition) is 1. The fourth-order valence-corrected chi connectivity index (χ4v) is 2.26. The van der Waals surface area contributed by atoms with Crippen molar-refractivity contribution < 1.29 is 9.47 Å². The summed E-state index contributed by atoms with van der Waals surface area (Å²) in [4.78, 5) is 0. The van der Waals surface area contributed by atoms with Crippen molar-refractivity contribution in [2.45, 2.75) is 44.9 Å². The predicted molar refractivity (Wildman–Crippen MR) is 55.1 cm³/mol. The molecule has 2 saturated heterocycles. The zero-order valence-electron chi connectivity index (χ0n) is 9.21. The second-order valence-electron chi connectivity index (χ2n) is 5.07. The standard InChI is InChI=1S/C11H21NO2/c1-11(2)8-12-10(14-11)6-9-4-3-5-13-7-9/h9-10,12H,3-8H2,1-2H3. The quantitative estimate of drug-likeness (QED) is 0.731. The van der Waals surface area contributed by atoms with E-state index in [2.05, 4.69) is 19.2 Å². The third kappa shape index (κ3) is 2.69. The molecule has 0 radical (unpaired) electrons. The molecule has 0 saturated carbocycles. The first-order valence-corrected chi connectivity index (χ1v) is 5.65. The van der Waals surface area contributed by atoms with E-state index < -0.39 is 0 Å². The highest BCUT2D eigenvalue weighted by molar-refractivity contribution is 4.82. The van der Waals surface area contributed by atoms with Gasteiger partial charge in [-0.15, -0.1) is 0 Å². The van der Waals surface area contributed by atoms with Crippen LogP contribution in [0.1, 0.15) is 33.1 Å². The highest BCUT2D eigenvalue weighted by atomic mass is 16.5. The maximum atomic E-state index is 5.88. The minimum absolute atomic E-state index is 0.0141. The van der Waals surface area contributed by atoms with E-state index >= 15 is 0 Å². The zero-order chi connectivity index (χ0) is 10.0. The molecule has 2 atom stereocenters. The van der Waals surface area contributed by atoms with Crippen molar-refractivity contribution >= 4 is 0 Å². The number of hydrogen-bond acceptors (Lipinski definition) is 3. The molecular weight excluding hydrogens is 178 g/mol. The second kappa shape index (κ2) is 4.17. The van der Waals surface area contributed by atoms with Gasteiger partial charge < -0.3 is 9.47 Å². The average molecular weight is 199 g/mol. The van der Waals surface area contributed by atoms with E-state index in [1.54, 1.807) is 0 Å². The highest BCUT2D eigenvalue weighted by Crippen LogP contribution is 2.25. The van der Waals surface area contributed by atoms with E-state index in [1.807, 2.05) is 0 Å². The Balaban J connectivity index is 1.75. The van der Waals surface area contributed by atoms with Gasteiger partial charge in [0.25, 0.3) is 0 Å². The van der Waals surface area contributed by atoms with Crippen LogP contribution in [0.4, 0.5) is 0 Å². The summed E-state index contributed by atoms with van der Waals surface area (Å²) in [6.07, 6.45) is 3.85. The summed E-state index contributed by atoms with van der Waals surface area (Å²) in [5.74, 6) is 0.690. The molecule has 1 N–H and O–H groups in total. The molecule has 2 aliphatic heterocycles. The van der Waals surface area contributed by atoms with Crippen LogP contribution in [0.5, 0.6) is 0 Å². The molecule has 2 unspecified atom stereocenters. The molecule has 0 aromatic carbocycles. The topological polar surface area (TPSA) is 30.5 Å². The van der Waals surface area contributed by atoms with E-state index in [-0.39, 0.29) is 11.8 Å². The molecule has 2 rings (SSSR count). The van der Waals surface area contributed by atoms with Gasteiger partial charge in [-0.25, -0.2) is 0 Å². The molecule has 2 fully saturated rings. The first kappa shape index (κ1) is 10.4. The summed E-state index contributed by atoms with van der Waals surface area (Å²) in [7, 11) is 0. The molecule has 0 amide bonds. The minimum Gasteiger partial charge on any atom is -0.381 e. The van der Waals surface area contributed by atoms with Crippen LogP contribution < -0.4 is 5.32 Å². The molecule has 2 aliphatic rings. The molecule has 0 aromatic heterocycles. The van der Waals surface area contributed by atoms with E-state index in [0.717, 1.165) is 26.2 Å². The Kier molecular flexibility index (Phi) is 3.10. The van der Waals surface area contributed by atoms with Gasteiger partial charge in [-0.1, -0.05) is 0 Å². The van der Waals surface area contributed by atoms with Crippen molar-refractivity contribution in [3.05, 3.63) is 0 Å². The maximum Gasteiger partial charge on any atom is 0.109 e. The summed E-state index contributed by atoms with van der Waals surface area (Å²) in [6.45, 7) is 7.10. The third-order valence-corrected chi connectivity index (χ3v) is 3.02. The SMILES string of the molecule is CC1(C)CNC(CC2CCCOC2)O1. The Morgan fingerprint density at radius 2 is 2.29 bits per heavy atom. The lowest BCUT2D eigenvalue weighted by Crippen LogP contribution is -2.29. The molecular formula is C11H21NO2. The van der Waals surface area contributed by atoms with Gasteiger partial charge >= 0.3 is 0 Å². The molecule has 3 heteroatoms. The lowest BCUT2D eigenvalue weighted by atomic mass is 9.98. The van der Waals surface area contributed by atoms with Crippen molar-refractivity contribution in [3.63, 3.8) is 0 Å². The zero-order valence-corrected chi connectivity index (χ0v) is 9.21. The second-order valence-corrected chi connectivity index (χ2v) is 5.07. The first-order chi connectivity index (χ1) is 6.66. The van der Waals surface area contributed by atoms with Gasteiger partial charge in [0.15, 0.2) is 0 Å². The van der Waals surface area contributed by atoms with Crippen LogP contribution in [0.25, 0.3) is 0 Å². The van der Waals surface area contributed by atoms with E-state index in [4.69, 9.17) is 9.47 Å². The molecule has 0 aliphatic carbocycles. The summed E-state index contributed by atoms with van der Waals surface area (Å²) in [5, 5.41) is 3.42. The van der Waals surface area contributed by atoms with Gasteiger partial charge in [-0.3, -0.25) is 5.32 Å². The Bertz CT molecular complexity index is 188. The number of rotatable bonds is 2. The monoisotopic (exact) mass is 199 g/mol. The van der Waals surface area contributed by atoms with Crippen LogP contribution in [0.2, 0.25) is 0 Å². The Hall–Kier alpha value is -0.120. The Labute approximate surface area is 86.2 Å². The summed E-state index contributed by atoms with van der Waals surface area (Å²) < 4.78 is 11.3. The summed E-state index contributed by atoms with van der Waals surface area (Å²) in [6, 6.07) is 0. The van der Waals surface area contributed by atoms with Crippen LogP contribution in [0, 0.1) is 5.92 Å². The smallest absolute Gasteiger partial charge is 0.109 e. The summed E-state index contributed by atoms with van der Waals surface area (Å²) in [5.41, 5.74) is 0.0141. The summed E-state index contributed by atoms with van der Waals surface area (Å²) >= 11 is 0. The lowest BCUT2D eigenvalue weighted by Gasteiger charge is -2.25. The van der Waals surface area contributed by atoms with Gasteiger partial charge in [-0.2, -0.15) is 0 Å². The molecule has 0 bridgehead atoms. The number of nitrogens with one attached hydrogen (secondary N) is 1. The maximum absolute atomic E-state index is 5.88. The van der Waals surface area contributed by atoms with Crippen LogP contribution in [0.3, 0.4) is 0 Å². The normalized spacial score (nSPS) is 37.3. The van der Waals surface area contributed by atoms with Gasteiger partial charge in [0.05, 0.1) is 5.60 Å². The van der Waals surface area contributed by atoms with Crippen molar-refractivity contribution in [2.24, 2.45) is 5.92 Å². The van der Waals surface area contributed by atoms with Crippen molar-refractivity contribution in [2.75, 3.05) is 19.8 Å². The fourth-order valence-electron chi connectivity index (χ4n) is 2.26. The van der Waals surface area contributed by atoms with Gasteiger partial charge in [0.1, 0.15) is 6.23 Å². The molecule has 14 heavy (non-hydrogen) atoms. The molecule has 2 heterocycles. The lowest BCUT2D eigenvalue weighted by molar-refractivity contribution is -0.0392.